The maximum atomic E-state index is 11.7. The zero-order chi connectivity index (χ0) is 12.9. The number of likely N-dealkylation sites (N-methyl/N-ethyl adjacent to an activating group) is 1. The summed E-state index contributed by atoms with van der Waals surface area (Å²) in [4.78, 5) is 23.5. The summed E-state index contributed by atoms with van der Waals surface area (Å²) in [6, 6.07) is -1.06. The lowest BCUT2D eigenvalue weighted by atomic mass is 10.1. The van der Waals surface area contributed by atoms with Crippen LogP contribution in [0.5, 0.6) is 0 Å². The third-order valence-electron chi connectivity index (χ3n) is 1.98. The number of nitrogens with two attached hydrogens (primary N) is 1. The standard InChI is InChI=1S/C10H20N2O4/c1-4-12(6-10(2,3)16)9(15)7(11)5-8(13)14/h7,16H,4-6,11H2,1-3H3,(H,13,14). The highest BCUT2D eigenvalue weighted by atomic mass is 16.4. The van der Waals surface area contributed by atoms with Gasteiger partial charge in [0.1, 0.15) is 0 Å². The Labute approximate surface area is 95.0 Å². The molecule has 0 aromatic heterocycles. The van der Waals surface area contributed by atoms with E-state index >= 15 is 0 Å². The van der Waals surface area contributed by atoms with Gasteiger partial charge in [-0.2, -0.15) is 0 Å². The average molecular weight is 232 g/mol. The molecular formula is C10H20N2O4. The molecule has 1 atom stereocenters. The van der Waals surface area contributed by atoms with Gasteiger partial charge in [0, 0.05) is 13.1 Å². The summed E-state index contributed by atoms with van der Waals surface area (Å²) in [5.74, 6) is -1.56. The zero-order valence-corrected chi connectivity index (χ0v) is 9.93. The molecule has 0 aliphatic carbocycles. The van der Waals surface area contributed by atoms with Gasteiger partial charge in [-0.3, -0.25) is 9.59 Å². The molecule has 0 aliphatic heterocycles. The van der Waals surface area contributed by atoms with Crippen molar-refractivity contribution in [2.75, 3.05) is 13.1 Å². The molecule has 0 aromatic carbocycles. The van der Waals surface area contributed by atoms with E-state index in [0.29, 0.717) is 6.54 Å². The number of amides is 1. The number of hydrogen-bond donors (Lipinski definition) is 3. The third kappa shape index (κ3) is 5.67. The lowest BCUT2D eigenvalue weighted by Crippen LogP contribution is -2.49. The van der Waals surface area contributed by atoms with Crippen molar-refractivity contribution in [3.63, 3.8) is 0 Å². The highest BCUT2D eigenvalue weighted by Crippen LogP contribution is 2.07. The Kier molecular flexibility index (Phi) is 5.40. The van der Waals surface area contributed by atoms with E-state index in [1.165, 1.54) is 4.90 Å². The first kappa shape index (κ1) is 14.9. The maximum absolute atomic E-state index is 11.7. The minimum Gasteiger partial charge on any atom is -0.481 e. The first-order chi connectivity index (χ1) is 7.17. The molecule has 0 saturated heterocycles. The molecule has 0 aliphatic rings. The van der Waals surface area contributed by atoms with Gasteiger partial charge in [-0.25, -0.2) is 0 Å². The van der Waals surface area contributed by atoms with Gasteiger partial charge in [-0.05, 0) is 20.8 Å². The molecule has 0 radical (unpaired) electrons. The molecule has 0 saturated carbocycles. The number of aliphatic carboxylic acids is 1. The quantitative estimate of drug-likeness (QED) is 0.567. The summed E-state index contributed by atoms with van der Waals surface area (Å²) in [5.41, 5.74) is 4.44. The van der Waals surface area contributed by atoms with Crippen LogP contribution in [0.1, 0.15) is 27.2 Å². The van der Waals surface area contributed by atoms with Crippen LogP contribution in [0.2, 0.25) is 0 Å². The highest BCUT2D eigenvalue weighted by Gasteiger charge is 2.26. The van der Waals surface area contributed by atoms with E-state index < -0.39 is 29.9 Å². The first-order valence-corrected chi connectivity index (χ1v) is 5.16. The number of carboxylic acid groups (broad SMARTS) is 1. The van der Waals surface area contributed by atoms with Crippen LogP contribution in [0.25, 0.3) is 0 Å². The average Bonchev–Trinajstić information content (AvgIpc) is 2.10. The van der Waals surface area contributed by atoms with Gasteiger partial charge in [-0.1, -0.05) is 0 Å². The van der Waals surface area contributed by atoms with E-state index in [4.69, 9.17) is 10.8 Å². The van der Waals surface area contributed by atoms with E-state index in [1.807, 2.05) is 0 Å². The van der Waals surface area contributed by atoms with Crippen molar-refractivity contribution >= 4 is 11.9 Å². The fourth-order valence-electron chi connectivity index (χ4n) is 1.32. The van der Waals surface area contributed by atoms with Crippen LogP contribution < -0.4 is 5.73 Å². The summed E-state index contributed by atoms with van der Waals surface area (Å²) in [5, 5.41) is 18.1. The number of carbonyl (C=O) groups excluding carboxylic acids is 1. The van der Waals surface area contributed by atoms with E-state index in [-0.39, 0.29) is 6.54 Å². The Hall–Kier alpha value is -1.14. The lowest BCUT2D eigenvalue weighted by molar-refractivity contribution is -0.143. The van der Waals surface area contributed by atoms with Crippen LogP contribution in [0, 0.1) is 0 Å². The maximum Gasteiger partial charge on any atom is 0.305 e. The number of carbonyl (C=O) groups is 2. The number of aliphatic hydroxyl groups is 1. The zero-order valence-electron chi connectivity index (χ0n) is 9.93. The molecule has 0 rings (SSSR count). The third-order valence-corrected chi connectivity index (χ3v) is 1.98. The van der Waals surface area contributed by atoms with E-state index in [0.717, 1.165) is 0 Å². The van der Waals surface area contributed by atoms with Crippen LogP contribution in [-0.2, 0) is 9.59 Å². The van der Waals surface area contributed by atoms with Crippen LogP contribution in [0.3, 0.4) is 0 Å². The van der Waals surface area contributed by atoms with Gasteiger partial charge in [0.05, 0.1) is 18.1 Å². The van der Waals surface area contributed by atoms with Crippen LogP contribution in [0.15, 0.2) is 0 Å². The van der Waals surface area contributed by atoms with Gasteiger partial charge < -0.3 is 20.8 Å². The summed E-state index contributed by atoms with van der Waals surface area (Å²) < 4.78 is 0. The molecule has 0 aromatic rings. The minimum atomic E-state index is -1.11. The Bertz CT molecular complexity index is 260. The summed E-state index contributed by atoms with van der Waals surface area (Å²) >= 11 is 0. The number of nitrogens with zero attached hydrogens (tertiary/aromatic N) is 1. The molecule has 0 bridgehead atoms. The monoisotopic (exact) mass is 232 g/mol. The Balaban J connectivity index is 4.47. The molecule has 6 heteroatoms. The van der Waals surface area contributed by atoms with Gasteiger partial charge in [0.25, 0.3) is 0 Å². The Morgan fingerprint density at radius 1 is 1.44 bits per heavy atom. The molecular weight excluding hydrogens is 212 g/mol. The van der Waals surface area contributed by atoms with Crippen molar-refractivity contribution in [2.45, 2.75) is 38.8 Å². The molecule has 1 amide bonds. The van der Waals surface area contributed by atoms with Crippen molar-refractivity contribution in [3.05, 3.63) is 0 Å². The van der Waals surface area contributed by atoms with Crippen molar-refractivity contribution < 1.29 is 19.8 Å². The van der Waals surface area contributed by atoms with Crippen LogP contribution in [0.4, 0.5) is 0 Å². The lowest BCUT2D eigenvalue weighted by Gasteiger charge is -2.29. The second-order valence-electron chi connectivity index (χ2n) is 4.37. The Morgan fingerprint density at radius 2 is 1.94 bits per heavy atom. The summed E-state index contributed by atoms with van der Waals surface area (Å²) in [7, 11) is 0. The highest BCUT2D eigenvalue weighted by molar-refractivity contribution is 5.86. The van der Waals surface area contributed by atoms with Gasteiger partial charge in [-0.15, -0.1) is 0 Å². The second-order valence-corrected chi connectivity index (χ2v) is 4.37. The van der Waals surface area contributed by atoms with Crippen molar-refractivity contribution in [3.8, 4) is 0 Å². The number of hydrogen-bond acceptors (Lipinski definition) is 4. The molecule has 0 heterocycles. The molecule has 6 nitrogen and oxygen atoms in total. The molecule has 4 N–H and O–H groups in total. The predicted octanol–water partition coefficient (Wildman–Crippen LogP) is -0.592. The summed E-state index contributed by atoms with van der Waals surface area (Å²) in [6.07, 6.45) is -0.402. The SMILES string of the molecule is CCN(CC(C)(C)O)C(=O)C(N)CC(=O)O. The van der Waals surface area contributed by atoms with E-state index in [2.05, 4.69) is 0 Å². The number of carboxylic acids is 1. The van der Waals surface area contributed by atoms with Crippen molar-refractivity contribution in [2.24, 2.45) is 5.73 Å². The predicted molar refractivity (Wildman–Crippen MR) is 58.8 cm³/mol. The molecule has 94 valence electrons. The fraction of sp³-hybridized carbons (Fsp3) is 0.800. The van der Waals surface area contributed by atoms with Crippen LogP contribution in [-0.4, -0.2) is 51.7 Å². The molecule has 0 fully saturated rings. The summed E-state index contributed by atoms with van der Waals surface area (Å²) in [6.45, 7) is 5.42. The second kappa shape index (κ2) is 5.81. The van der Waals surface area contributed by atoms with Crippen molar-refractivity contribution in [1.29, 1.82) is 0 Å². The Morgan fingerprint density at radius 3 is 2.25 bits per heavy atom. The largest absolute Gasteiger partial charge is 0.481 e. The van der Waals surface area contributed by atoms with Crippen LogP contribution >= 0.6 is 0 Å². The molecule has 0 spiro atoms. The fourth-order valence-corrected chi connectivity index (χ4v) is 1.32. The minimum absolute atomic E-state index is 0.135. The first-order valence-electron chi connectivity index (χ1n) is 5.16. The van der Waals surface area contributed by atoms with E-state index in [9.17, 15) is 14.7 Å². The van der Waals surface area contributed by atoms with Gasteiger partial charge in [0.2, 0.25) is 5.91 Å². The topological polar surface area (TPSA) is 104 Å². The normalized spacial score (nSPS) is 13.3. The van der Waals surface area contributed by atoms with Gasteiger partial charge in [0.15, 0.2) is 0 Å². The molecule has 1 unspecified atom stereocenters. The smallest absolute Gasteiger partial charge is 0.305 e. The number of rotatable bonds is 6. The van der Waals surface area contributed by atoms with E-state index in [1.54, 1.807) is 20.8 Å². The van der Waals surface area contributed by atoms with Gasteiger partial charge >= 0.3 is 5.97 Å². The molecule has 16 heavy (non-hydrogen) atoms. The van der Waals surface area contributed by atoms with Crippen molar-refractivity contribution in [1.82, 2.24) is 4.90 Å².